The van der Waals surface area contributed by atoms with Gasteiger partial charge >= 0.3 is 0 Å². The standard InChI is InChI=1S/C15H21F2NO/c1-3-13-9-12(6-7-19-13)18-10(2)14-8-11(16)4-5-15(14)17/h4-5,8,10,12-13,18H,3,6-7,9H2,1-2H3. The molecule has 1 saturated heterocycles. The Kier molecular flexibility index (Phi) is 4.88. The van der Waals surface area contributed by atoms with E-state index in [0.29, 0.717) is 11.6 Å². The summed E-state index contributed by atoms with van der Waals surface area (Å²) in [6, 6.07) is 3.70. The Morgan fingerprint density at radius 1 is 1.42 bits per heavy atom. The first-order valence-electron chi connectivity index (χ1n) is 6.92. The molecular formula is C15H21F2NO. The highest BCUT2D eigenvalue weighted by molar-refractivity contribution is 5.22. The summed E-state index contributed by atoms with van der Waals surface area (Å²) >= 11 is 0. The molecule has 4 heteroatoms. The van der Waals surface area contributed by atoms with E-state index < -0.39 is 5.82 Å². The van der Waals surface area contributed by atoms with Crippen molar-refractivity contribution in [3.05, 3.63) is 35.4 Å². The third-order valence-electron chi connectivity index (χ3n) is 3.73. The summed E-state index contributed by atoms with van der Waals surface area (Å²) in [5.41, 5.74) is 0.388. The average Bonchev–Trinajstić information content (AvgIpc) is 2.41. The number of hydrogen-bond donors (Lipinski definition) is 1. The summed E-state index contributed by atoms with van der Waals surface area (Å²) in [4.78, 5) is 0. The van der Waals surface area contributed by atoms with E-state index in [9.17, 15) is 8.78 Å². The van der Waals surface area contributed by atoms with Crippen LogP contribution in [0.2, 0.25) is 0 Å². The lowest BCUT2D eigenvalue weighted by molar-refractivity contribution is -0.00171. The van der Waals surface area contributed by atoms with E-state index in [-0.39, 0.29) is 18.0 Å². The monoisotopic (exact) mass is 269 g/mol. The zero-order chi connectivity index (χ0) is 13.8. The summed E-state index contributed by atoms with van der Waals surface area (Å²) in [6.07, 6.45) is 3.10. The van der Waals surface area contributed by atoms with Crippen LogP contribution in [0, 0.1) is 11.6 Å². The van der Waals surface area contributed by atoms with Gasteiger partial charge in [0.15, 0.2) is 0 Å². The Bertz CT molecular complexity index is 425. The Morgan fingerprint density at radius 3 is 2.95 bits per heavy atom. The van der Waals surface area contributed by atoms with Crippen LogP contribution >= 0.6 is 0 Å². The zero-order valence-corrected chi connectivity index (χ0v) is 11.5. The highest BCUT2D eigenvalue weighted by atomic mass is 19.1. The maximum Gasteiger partial charge on any atom is 0.128 e. The average molecular weight is 269 g/mol. The van der Waals surface area contributed by atoms with Crippen LogP contribution in [0.5, 0.6) is 0 Å². The summed E-state index contributed by atoms with van der Waals surface area (Å²) in [5, 5.41) is 3.38. The highest BCUT2D eigenvalue weighted by Gasteiger charge is 2.23. The number of hydrogen-bond acceptors (Lipinski definition) is 2. The molecule has 19 heavy (non-hydrogen) atoms. The number of ether oxygens (including phenoxy) is 1. The third kappa shape index (κ3) is 3.74. The molecule has 0 amide bonds. The molecule has 2 nitrogen and oxygen atoms in total. The third-order valence-corrected chi connectivity index (χ3v) is 3.73. The smallest absolute Gasteiger partial charge is 0.128 e. The molecule has 1 aliphatic heterocycles. The van der Waals surface area contributed by atoms with E-state index >= 15 is 0 Å². The van der Waals surface area contributed by atoms with Gasteiger partial charge in [0.2, 0.25) is 0 Å². The van der Waals surface area contributed by atoms with Crippen molar-refractivity contribution in [3.8, 4) is 0 Å². The number of benzene rings is 1. The first kappa shape index (κ1) is 14.4. The molecule has 0 bridgehead atoms. The van der Waals surface area contributed by atoms with Gasteiger partial charge in [-0.15, -0.1) is 0 Å². The maximum absolute atomic E-state index is 13.7. The van der Waals surface area contributed by atoms with Crippen LogP contribution in [-0.4, -0.2) is 18.8 Å². The van der Waals surface area contributed by atoms with E-state index in [4.69, 9.17) is 4.74 Å². The summed E-state index contributed by atoms with van der Waals surface area (Å²) < 4.78 is 32.5. The van der Waals surface area contributed by atoms with E-state index in [1.54, 1.807) is 0 Å². The maximum atomic E-state index is 13.7. The van der Waals surface area contributed by atoms with E-state index in [1.807, 2.05) is 6.92 Å². The molecule has 3 unspecified atom stereocenters. The molecule has 0 radical (unpaired) electrons. The first-order valence-corrected chi connectivity index (χ1v) is 6.92. The minimum absolute atomic E-state index is 0.198. The fourth-order valence-electron chi connectivity index (χ4n) is 2.61. The molecule has 1 N–H and O–H groups in total. The van der Waals surface area contributed by atoms with E-state index in [2.05, 4.69) is 12.2 Å². The van der Waals surface area contributed by atoms with Crippen molar-refractivity contribution in [1.29, 1.82) is 0 Å². The van der Waals surface area contributed by atoms with Crippen LogP contribution in [0.1, 0.15) is 44.7 Å². The summed E-state index contributed by atoms with van der Waals surface area (Å²) in [7, 11) is 0. The second-order valence-electron chi connectivity index (χ2n) is 5.18. The lowest BCUT2D eigenvalue weighted by atomic mass is 9.99. The largest absolute Gasteiger partial charge is 0.378 e. The SMILES string of the molecule is CCC1CC(NC(C)c2cc(F)ccc2F)CCO1. The Morgan fingerprint density at radius 2 is 2.21 bits per heavy atom. The van der Waals surface area contributed by atoms with Crippen molar-refractivity contribution in [3.63, 3.8) is 0 Å². The summed E-state index contributed by atoms with van der Waals surface area (Å²) in [5.74, 6) is -0.760. The van der Waals surface area contributed by atoms with Crippen LogP contribution in [0.4, 0.5) is 8.78 Å². The van der Waals surface area contributed by atoms with Crippen molar-refractivity contribution in [2.24, 2.45) is 0 Å². The van der Waals surface area contributed by atoms with Gasteiger partial charge in [-0.25, -0.2) is 8.78 Å². The number of nitrogens with one attached hydrogen (secondary N) is 1. The second-order valence-corrected chi connectivity index (χ2v) is 5.18. The van der Waals surface area contributed by atoms with Crippen LogP contribution in [0.3, 0.4) is 0 Å². The fourth-order valence-corrected chi connectivity index (χ4v) is 2.61. The molecule has 106 valence electrons. The Labute approximate surface area is 113 Å². The molecule has 2 rings (SSSR count). The molecule has 1 aromatic carbocycles. The van der Waals surface area contributed by atoms with Gasteiger partial charge in [0, 0.05) is 24.3 Å². The van der Waals surface area contributed by atoms with Gasteiger partial charge < -0.3 is 10.1 Å². The molecule has 1 aromatic rings. The van der Waals surface area contributed by atoms with Crippen LogP contribution in [0.15, 0.2) is 18.2 Å². The Hall–Kier alpha value is -1.00. The molecule has 0 saturated carbocycles. The fraction of sp³-hybridized carbons (Fsp3) is 0.600. The van der Waals surface area contributed by atoms with Gasteiger partial charge in [0.25, 0.3) is 0 Å². The molecule has 1 aliphatic rings. The lowest BCUT2D eigenvalue weighted by Crippen LogP contribution is -2.40. The van der Waals surface area contributed by atoms with Crippen molar-refractivity contribution in [1.82, 2.24) is 5.32 Å². The van der Waals surface area contributed by atoms with E-state index in [1.165, 1.54) is 12.1 Å². The molecule has 1 heterocycles. The molecule has 0 spiro atoms. The van der Waals surface area contributed by atoms with Crippen LogP contribution < -0.4 is 5.32 Å². The first-order chi connectivity index (χ1) is 9.10. The van der Waals surface area contributed by atoms with Crippen LogP contribution in [-0.2, 0) is 4.74 Å². The molecule has 0 aromatic heterocycles. The van der Waals surface area contributed by atoms with Gasteiger partial charge in [0.05, 0.1) is 6.10 Å². The van der Waals surface area contributed by atoms with Crippen molar-refractivity contribution < 1.29 is 13.5 Å². The van der Waals surface area contributed by atoms with Crippen molar-refractivity contribution in [2.45, 2.75) is 51.3 Å². The summed E-state index contributed by atoms with van der Waals surface area (Å²) in [6.45, 7) is 4.70. The van der Waals surface area contributed by atoms with Gasteiger partial charge in [0.1, 0.15) is 11.6 Å². The minimum atomic E-state index is -0.400. The van der Waals surface area contributed by atoms with Gasteiger partial charge in [-0.2, -0.15) is 0 Å². The van der Waals surface area contributed by atoms with E-state index in [0.717, 1.165) is 31.9 Å². The molecule has 0 aliphatic carbocycles. The quantitative estimate of drug-likeness (QED) is 0.902. The normalized spacial score (nSPS) is 25.3. The molecule has 1 fully saturated rings. The molecular weight excluding hydrogens is 248 g/mol. The van der Waals surface area contributed by atoms with Gasteiger partial charge in [-0.05, 0) is 44.4 Å². The number of halogens is 2. The Balaban J connectivity index is 2.00. The lowest BCUT2D eigenvalue weighted by Gasteiger charge is -2.32. The molecule has 3 atom stereocenters. The van der Waals surface area contributed by atoms with Crippen molar-refractivity contribution in [2.75, 3.05) is 6.61 Å². The predicted molar refractivity (Wildman–Crippen MR) is 71.0 cm³/mol. The van der Waals surface area contributed by atoms with Crippen molar-refractivity contribution >= 4 is 0 Å². The van der Waals surface area contributed by atoms with Gasteiger partial charge in [-0.1, -0.05) is 6.92 Å². The van der Waals surface area contributed by atoms with Crippen LogP contribution in [0.25, 0.3) is 0 Å². The van der Waals surface area contributed by atoms with Gasteiger partial charge in [-0.3, -0.25) is 0 Å². The predicted octanol–water partition coefficient (Wildman–Crippen LogP) is 3.57. The highest BCUT2D eigenvalue weighted by Crippen LogP contribution is 2.22. The second kappa shape index (κ2) is 6.44. The zero-order valence-electron chi connectivity index (χ0n) is 11.5. The topological polar surface area (TPSA) is 21.3 Å². The minimum Gasteiger partial charge on any atom is -0.378 e. The number of rotatable bonds is 4.